The summed E-state index contributed by atoms with van der Waals surface area (Å²) in [4.78, 5) is 13.6. The predicted molar refractivity (Wildman–Crippen MR) is 131 cm³/mol. The second kappa shape index (κ2) is 9.93. The van der Waals surface area contributed by atoms with Crippen molar-refractivity contribution >= 4 is 0 Å². The zero-order valence-electron chi connectivity index (χ0n) is 20.7. The van der Waals surface area contributed by atoms with E-state index in [2.05, 4.69) is 46.5 Å². The van der Waals surface area contributed by atoms with Crippen molar-refractivity contribution in [1.82, 2.24) is 30.6 Å². The first-order chi connectivity index (χ1) is 16.5. The Balaban J connectivity index is 1.25. The van der Waals surface area contributed by atoms with E-state index >= 15 is 0 Å². The SMILES string of the molecule is CCc1cc(O)c(F)cc1C1CCC2C(C1)NNC2c1nc2c([nH]1)CN(CCN(C)CC)CC2. The highest BCUT2D eigenvalue weighted by atomic mass is 19.1. The number of fused-ring (bicyclic) bond motifs is 2. The fourth-order valence-corrected chi connectivity index (χ4v) is 6.10. The number of hydrazine groups is 1. The highest BCUT2D eigenvalue weighted by Crippen LogP contribution is 2.44. The third-order valence-corrected chi connectivity index (χ3v) is 8.35. The second-order valence-electron chi connectivity index (χ2n) is 10.4. The van der Waals surface area contributed by atoms with E-state index in [0.29, 0.717) is 17.9 Å². The van der Waals surface area contributed by atoms with Gasteiger partial charge in [-0.3, -0.25) is 10.3 Å². The maximum atomic E-state index is 14.2. The van der Waals surface area contributed by atoms with Crippen LogP contribution in [0.15, 0.2) is 12.1 Å². The molecule has 2 aliphatic heterocycles. The minimum Gasteiger partial charge on any atom is -0.505 e. The largest absolute Gasteiger partial charge is 0.505 e. The van der Waals surface area contributed by atoms with Crippen LogP contribution >= 0.6 is 0 Å². The molecule has 1 aliphatic carbocycles. The molecule has 7 nitrogen and oxygen atoms in total. The smallest absolute Gasteiger partial charge is 0.165 e. The van der Waals surface area contributed by atoms with Crippen LogP contribution in [-0.4, -0.2) is 64.1 Å². The molecule has 8 heteroatoms. The molecule has 2 fully saturated rings. The maximum Gasteiger partial charge on any atom is 0.165 e. The first-order valence-corrected chi connectivity index (χ1v) is 13.0. The van der Waals surface area contributed by atoms with Crippen molar-refractivity contribution in [3.8, 4) is 5.75 Å². The molecule has 1 aromatic heterocycles. The van der Waals surface area contributed by atoms with E-state index in [1.807, 2.05) is 0 Å². The number of aryl methyl sites for hydroxylation is 1. The Morgan fingerprint density at radius 2 is 2.09 bits per heavy atom. The van der Waals surface area contributed by atoms with Crippen LogP contribution in [0.2, 0.25) is 0 Å². The van der Waals surface area contributed by atoms with Crippen LogP contribution in [0.5, 0.6) is 5.75 Å². The summed E-state index contributed by atoms with van der Waals surface area (Å²) >= 11 is 0. The molecule has 4 unspecified atom stereocenters. The molecule has 186 valence electrons. The summed E-state index contributed by atoms with van der Waals surface area (Å²) in [5.41, 5.74) is 11.7. The topological polar surface area (TPSA) is 79.4 Å². The van der Waals surface area contributed by atoms with Gasteiger partial charge in [0.05, 0.1) is 17.4 Å². The molecule has 3 heterocycles. The van der Waals surface area contributed by atoms with E-state index in [-0.39, 0.29) is 11.8 Å². The van der Waals surface area contributed by atoms with Crippen LogP contribution in [0.3, 0.4) is 0 Å². The van der Waals surface area contributed by atoms with Crippen LogP contribution in [0, 0.1) is 11.7 Å². The first-order valence-electron chi connectivity index (χ1n) is 13.0. The number of hydrogen-bond donors (Lipinski definition) is 4. The Hall–Kier alpha value is -2.00. The molecule has 3 aliphatic rings. The van der Waals surface area contributed by atoms with Crippen LogP contribution in [0.25, 0.3) is 0 Å². The van der Waals surface area contributed by atoms with Crippen molar-refractivity contribution in [3.05, 3.63) is 46.3 Å². The summed E-state index contributed by atoms with van der Waals surface area (Å²) < 4.78 is 14.2. The van der Waals surface area contributed by atoms with E-state index in [9.17, 15) is 9.50 Å². The normalized spacial score (nSPS) is 27.2. The van der Waals surface area contributed by atoms with Gasteiger partial charge in [0, 0.05) is 38.6 Å². The summed E-state index contributed by atoms with van der Waals surface area (Å²) in [5.74, 6) is 1.07. The third-order valence-electron chi connectivity index (χ3n) is 8.35. The number of phenolic OH excluding ortho intramolecular Hbond substituents is 1. The van der Waals surface area contributed by atoms with Gasteiger partial charge in [-0.05, 0) is 74.4 Å². The lowest BCUT2D eigenvalue weighted by atomic mass is 9.73. The number of nitrogens with one attached hydrogen (secondary N) is 3. The van der Waals surface area contributed by atoms with Gasteiger partial charge in [-0.2, -0.15) is 0 Å². The van der Waals surface area contributed by atoms with Gasteiger partial charge in [0.2, 0.25) is 0 Å². The first kappa shape index (κ1) is 23.7. The van der Waals surface area contributed by atoms with Crippen LogP contribution in [-0.2, 0) is 19.4 Å². The number of imidazole rings is 1. The molecule has 2 aromatic rings. The van der Waals surface area contributed by atoms with E-state index < -0.39 is 5.82 Å². The Bertz CT molecular complexity index is 1010. The Labute approximate surface area is 202 Å². The number of aromatic nitrogens is 2. The van der Waals surface area contributed by atoms with Crippen LogP contribution in [0.1, 0.15) is 73.4 Å². The fourth-order valence-electron chi connectivity index (χ4n) is 6.10. The molecule has 34 heavy (non-hydrogen) atoms. The number of rotatable bonds is 7. The molecule has 0 radical (unpaired) electrons. The van der Waals surface area contributed by atoms with Crippen molar-refractivity contribution in [2.75, 3.05) is 33.2 Å². The highest BCUT2D eigenvalue weighted by molar-refractivity contribution is 5.39. The van der Waals surface area contributed by atoms with E-state index in [1.165, 1.54) is 11.4 Å². The molecule has 4 atom stereocenters. The minimum absolute atomic E-state index is 0.179. The van der Waals surface area contributed by atoms with Crippen molar-refractivity contribution in [2.24, 2.45) is 5.92 Å². The summed E-state index contributed by atoms with van der Waals surface area (Å²) in [6.07, 6.45) is 4.85. The van der Waals surface area contributed by atoms with Gasteiger partial charge in [-0.25, -0.2) is 14.8 Å². The quantitative estimate of drug-likeness (QED) is 0.498. The number of benzene rings is 1. The highest BCUT2D eigenvalue weighted by Gasteiger charge is 2.43. The van der Waals surface area contributed by atoms with Gasteiger partial charge < -0.3 is 15.0 Å². The molecule has 5 rings (SSSR count). The predicted octanol–water partition coefficient (Wildman–Crippen LogP) is 3.23. The van der Waals surface area contributed by atoms with Crippen molar-refractivity contribution < 1.29 is 9.50 Å². The lowest BCUT2D eigenvalue weighted by Crippen LogP contribution is -2.36. The van der Waals surface area contributed by atoms with Gasteiger partial charge in [0.25, 0.3) is 0 Å². The molecule has 1 aromatic carbocycles. The lowest BCUT2D eigenvalue weighted by Gasteiger charge is -2.33. The average molecular weight is 471 g/mol. The summed E-state index contributed by atoms with van der Waals surface area (Å²) in [6.45, 7) is 9.55. The lowest BCUT2D eigenvalue weighted by molar-refractivity contribution is 0.212. The number of aromatic amines is 1. The number of phenols is 1. The van der Waals surface area contributed by atoms with Gasteiger partial charge >= 0.3 is 0 Å². The second-order valence-corrected chi connectivity index (χ2v) is 10.4. The number of hydrogen-bond acceptors (Lipinski definition) is 6. The zero-order chi connectivity index (χ0) is 23.8. The number of halogens is 1. The number of nitrogens with zero attached hydrogens (tertiary/aromatic N) is 3. The number of aromatic hydroxyl groups is 1. The van der Waals surface area contributed by atoms with Crippen molar-refractivity contribution in [3.63, 3.8) is 0 Å². The molecular formula is C26H39FN6O. The van der Waals surface area contributed by atoms with Gasteiger partial charge in [0.15, 0.2) is 11.6 Å². The molecule has 1 saturated heterocycles. The zero-order valence-corrected chi connectivity index (χ0v) is 20.7. The minimum atomic E-state index is -0.513. The summed E-state index contributed by atoms with van der Waals surface area (Å²) in [6, 6.07) is 3.67. The van der Waals surface area contributed by atoms with Crippen LogP contribution in [0.4, 0.5) is 4.39 Å². The molecule has 1 saturated carbocycles. The van der Waals surface area contributed by atoms with E-state index in [1.54, 1.807) is 12.1 Å². The van der Waals surface area contributed by atoms with E-state index in [0.717, 1.165) is 81.8 Å². The Morgan fingerprint density at radius 3 is 2.88 bits per heavy atom. The molecular weight excluding hydrogens is 431 g/mol. The monoisotopic (exact) mass is 470 g/mol. The maximum absolute atomic E-state index is 14.2. The average Bonchev–Trinajstić information content (AvgIpc) is 3.46. The molecule has 0 bridgehead atoms. The molecule has 0 spiro atoms. The van der Waals surface area contributed by atoms with Gasteiger partial charge in [-0.15, -0.1) is 0 Å². The Kier molecular flexibility index (Phi) is 6.93. The van der Waals surface area contributed by atoms with Crippen molar-refractivity contribution in [1.29, 1.82) is 0 Å². The van der Waals surface area contributed by atoms with Crippen LogP contribution < -0.4 is 10.9 Å². The number of H-pyrrole nitrogens is 1. The van der Waals surface area contributed by atoms with Gasteiger partial charge in [0.1, 0.15) is 5.82 Å². The number of likely N-dealkylation sites (N-methyl/N-ethyl adjacent to an activating group) is 1. The molecule has 4 N–H and O–H groups in total. The van der Waals surface area contributed by atoms with Crippen molar-refractivity contribution in [2.45, 2.75) is 70.5 Å². The third kappa shape index (κ3) is 4.61. The fraction of sp³-hybridized carbons (Fsp3) is 0.654. The Morgan fingerprint density at radius 1 is 1.24 bits per heavy atom. The summed E-state index contributed by atoms with van der Waals surface area (Å²) in [7, 11) is 2.18. The van der Waals surface area contributed by atoms with E-state index in [4.69, 9.17) is 4.98 Å². The summed E-state index contributed by atoms with van der Waals surface area (Å²) in [5, 5.41) is 9.80. The van der Waals surface area contributed by atoms with Gasteiger partial charge in [-0.1, -0.05) is 13.8 Å². The standard InChI is InChI=1S/C26H39FN6O/c1-4-16-13-24(34)20(27)14-19(16)17-6-7-18-22(12-17)30-31-25(18)26-28-21-8-9-33(15-23(21)29-26)11-10-32(3)5-2/h13-14,17-18,22,25,30-31,34H,4-12,15H2,1-3H3,(H,28,29). The molecule has 0 amide bonds.